The molecule has 3 aromatic heterocycles. The lowest BCUT2D eigenvalue weighted by molar-refractivity contribution is 0.559. The van der Waals surface area contributed by atoms with Gasteiger partial charge in [-0.1, -0.05) is 42.1 Å². The normalized spacial score (nSPS) is 11.2. The topological polar surface area (TPSA) is 73.8 Å². The van der Waals surface area contributed by atoms with Gasteiger partial charge in [0.05, 0.1) is 5.69 Å². The van der Waals surface area contributed by atoms with Gasteiger partial charge in [-0.15, -0.1) is 10.2 Å². The predicted octanol–water partition coefficient (Wildman–Crippen LogP) is 5.34. The lowest BCUT2D eigenvalue weighted by Gasteiger charge is -2.13. The highest BCUT2D eigenvalue weighted by atomic mass is 32.2. The monoisotopic (exact) mass is 440 g/mol. The van der Waals surface area contributed by atoms with E-state index in [0.29, 0.717) is 11.3 Å². The molecule has 5 rings (SSSR count). The van der Waals surface area contributed by atoms with Crippen LogP contribution in [0.2, 0.25) is 0 Å². The molecule has 2 aromatic carbocycles. The van der Waals surface area contributed by atoms with Crippen LogP contribution in [0.4, 0.5) is 0 Å². The molecule has 0 saturated heterocycles. The van der Waals surface area contributed by atoms with Gasteiger partial charge in [0.15, 0.2) is 11.0 Å². The third kappa shape index (κ3) is 3.83. The molecule has 0 fully saturated rings. The number of rotatable bonds is 5. The van der Waals surface area contributed by atoms with Gasteiger partial charge in [-0.2, -0.15) is 0 Å². The predicted molar refractivity (Wildman–Crippen MR) is 126 cm³/mol. The molecule has 3 heterocycles. The fraction of sp³-hybridized carbons (Fsp3) is 0.120. The fourth-order valence-electron chi connectivity index (χ4n) is 3.68. The molecule has 0 aliphatic rings. The van der Waals surface area contributed by atoms with Gasteiger partial charge in [0.2, 0.25) is 0 Å². The van der Waals surface area contributed by atoms with Crippen molar-refractivity contribution in [3.63, 3.8) is 0 Å². The maximum Gasteiger partial charge on any atom is 0.336 e. The van der Waals surface area contributed by atoms with Gasteiger partial charge in [0, 0.05) is 35.2 Å². The highest BCUT2D eigenvalue weighted by molar-refractivity contribution is 7.98. The van der Waals surface area contributed by atoms with E-state index >= 15 is 0 Å². The molecule has 7 heteroatoms. The smallest absolute Gasteiger partial charge is 0.336 e. The van der Waals surface area contributed by atoms with Crippen LogP contribution in [0.5, 0.6) is 0 Å². The zero-order valence-electron chi connectivity index (χ0n) is 17.6. The minimum absolute atomic E-state index is 0.352. The van der Waals surface area contributed by atoms with Crippen molar-refractivity contribution in [2.75, 3.05) is 0 Å². The quantitative estimate of drug-likeness (QED) is 0.271. The van der Waals surface area contributed by atoms with Gasteiger partial charge in [-0.25, -0.2) is 4.79 Å². The van der Waals surface area contributed by atoms with Crippen LogP contribution in [0, 0.1) is 13.8 Å². The Bertz CT molecular complexity index is 1470. The van der Waals surface area contributed by atoms with Crippen LogP contribution in [0.25, 0.3) is 28.0 Å². The van der Waals surface area contributed by atoms with Gasteiger partial charge >= 0.3 is 5.63 Å². The standard InChI is InChI=1S/C25H20N4O2S/c1-16-9-10-20-19(13-23(30)31-22(20)12-16)15-32-25-28-27-24(18-7-5-11-26-14-18)29(25)21-8-4-3-6-17(21)2/h3-14H,15H2,1-2H3. The molecule has 5 aromatic rings. The molecule has 0 spiro atoms. The molecule has 0 amide bonds. The summed E-state index contributed by atoms with van der Waals surface area (Å²) in [5.41, 5.74) is 5.21. The molecule has 6 nitrogen and oxygen atoms in total. The Morgan fingerprint density at radius 1 is 1.00 bits per heavy atom. The SMILES string of the molecule is Cc1ccc2c(CSc3nnc(-c4cccnc4)n3-c3ccccc3C)cc(=O)oc2c1. The van der Waals surface area contributed by atoms with Gasteiger partial charge in [0.1, 0.15) is 5.58 Å². The van der Waals surface area contributed by atoms with Crippen molar-refractivity contribution in [1.82, 2.24) is 19.7 Å². The van der Waals surface area contributed by atoms with Crippen LogP contribution in [0.15, 0.2) is 87.4 Å². The van der Waals surface area contributed by atoms with Crippen molar-refractivity contribution in [3.8, 4) is 17.1 Å². The molecule has 0 unspecified atom stereocenters. The van der Waals surface area contributed by atoms with Crippen molar-refractivity contribution < 1.29 is 4.42 Å². The third-order valence-electron chi connectivity index (χ3n) is 5.25. The Morgan fingerprint density at radius 2 is 1.88 bits per heavy atom. The summed E-state index contributed by atoms with van der Waals surface area (Å²) in [6, 6.07) is 19.5. The van der Waals surface area contributed by atoms with E-state index in [1.54, 1.807) is 18.5 Å². The van der Waals surface area contributed by atoms with Crippen molar-refractivity contribution in [1.29, 1.82) is 0 Å². The van der Waals surface area contributed by atoms with E-state index in [-0.39, 0.29) is 5.63 Å². The zero-order chi connectivity index (χ0) is 22.1. The van der Waals surface area contributed by atoms with Gasteiger partial charge in [-0.05, 0) is 54.8 Å². The Labute approximate surface area is 189 Å². The molecule has 0 aliphatic heterocycles. The van der Waals surface area contributed by atoms with Crippen molar-refractivity contribution in [3.05, 3.63) is 100 Å². The van der Waals surface area contributed by atoms with Crippen molar-refractivity contribution in [2.24, 2.45) is 0 Å². The van der Waals surface area contributed by atoms with Crippen LogP contribution in [-0.2, 0) is 5.75 Å². The first-order valence-corrected chi connectivity index (χ1v) is 11.2. The third-order valence-corrected chi connectivity index (χ3v) is 6.23. The summed E-state index contributed by atoms with van der Waals surface area (Å²) in [7, 11) is 0. The minimum Gasteiger partial charge on any atom is -0.423 e. The molecule has 0 bridgehead atoms. The minimum atomic E-state index is -0.352. The first kappa shape index (κ1) is 20.2. The number of nitrogens with zero attached hydrogens (tertiary/aromatic N) is 4. The average Bonchev–Trinajstić information content (AvgIpc) is 3.21. The molecule has 32 heavy (non-hydrogen) atoms. The number of fused-ring (bicyclic) bond motifs is 1. The lowest BCUT2D eigenvalue weighted by atomic mass is 10.1. The van der Waals surface area contributed by atoms with E-state index in [9.17, 15) is 4.79 Å². The summed E-state index contributed by atoms with van der Waals surface area (Å²) < 4.78 is 7.45. The average molecular weight is 441 g/mol. The summed E-state index contributed by atoms with van der Waals surface area (Å²) in [5.74, 6) is 1.28. The molecule has 158 valence electrons. The second-order valence-corrected chi connectivity index (χ2v) is 8.49. The molecule has 0 atom stereocenters. The van der Waals surface area contributed by atoms with Crippen LogP contribution in [0.1, 0.15) is 16.7 Å². The highest BCUT2D eigenvalue weighted by Crippen LogP contribution is 2.32. The van der Waals surface area contributed by atoms with E-state index < -0.39 is 0 Å². The summed E-state index contributed by atoms with van der Waals surface area (Å²) in [6.45, 7) is 4.04. The maximum atomic E-state index is 12.1. The number of para-hydroxylation sites is 1. The first-order valence-electron chi connectivity index (χ1n) is 10.2. The molecule has 0 N–H and O–H groups in total. The van der Waals surface area contributed by atoms with Crippen LogP contribution >= 0.6 is 11.8 Å². The van der Waals surface area contributed by atoms with Crippen LogP contribution in [0.3, 0.4) is 0 Å². The largest absolute Gasteiger partial charge is 0.423 e. The Kier molecular flexibility index (Phi) is 5.33. The zero-order valence-corrected chi connectivity index (χ0v) is 18.5. The summed E-state index contributed by atoms with van der Waals surface area (Å²) >= 11 is 1.54. The number of hydrogen-bond acceptors (Lipinski definition) is 6. The van der Waals surface area contributed by atoms with E-state index in [4.69, 9.17) is 4.42 Å². The van der Waals surface area contributed by atoms with E-state index in [1.165, 1.54) is 11.8 Å². The highest BCUT2D eigenvalue weighted by Gasteiger charge is 2.18. The van der Waals surface area contributed by atoms with E-state index in [2.05, 4.69) is 38.8 Å². The van der Waals surface area contributed by atoms with Crippen LogP contribution in [-0.4, -0.2) is 19.7 Å². The number of aromatic nitrogens is 4. The lowest BCUT2D eigenvalue weighted by Crippen LogP contribution is -2.03. The molecule has 0 aliphatic carbocycles. The Balaban J connectivity index is 1.58. The van der Waals surface area contributed by atoms with Crippen molar-refractivity contribution in [2.45, 2.75) is 24.8 Å². The number of aryl methyl sites for hydroxylation is 2. The van der Waals surface area contributed by atoms with Gasteiger partial charge in [0.25, 0.3) is 0 Å². The molecule has 0 radical (unpaired) electrons. The second kappa shape index (κ2) is 8.43. The Morgan fingerprint density at radius 3 is 2.69 bits per heavy atom. The number of pyridine rings is 1. The van der Waals surface area contributed by atoms with Gasteiger partial charge in [-0.3, -0.25) is 9.55 Å². The van der Waals surface area contributed by atoms with E-state index in [0.717, 1.165) is 44.3 Å². The molecule has 0 saturated carbocycles. The molecular formula is C25H20N4O2S. The van der Waals surface area contributed by atoms with E-state index in [1.807, 2.05) is 49.4 Å². The first-order chi connectivity index (χ1) is 15.6. The molecular weight excluding hydrogens is 420 g/mol. The number of hydrogen-bond donors (Lipinski definition) is 0. The Hall–Kier alpha value is -3.71. The summed E-state index contributed by atoms with van der Waals surface area (Å²) in [4.78, 5) is 16.4. The fourth-order valence-corrected chi connectivity index (χ4v) is 4.61. The number of thioether (sulfide) groups is 1. The van der Waals surface area contributed by atoms with Gasteiger partial charge < -0.3 is 4.42 Å². The van der Waals surface area contributed by atoms with Crippen LogP contribution < -0.4 is 5.63 Å². The number of benzene rings is 2. The maximum absolute atomic E-state index is 12.1. The summed E-state index contributed by atoms with van der Waals surface area (Å²) in [5, 5.41) is 10.6. The summed E-state index contributed by atoms with van der Waals surface area (Å²) in [6.07, 6.45) is 3.52. The second-order valence-electron chi connectivity index (χ2n) is 7.55. The van der Waals surface area contributed by atoms with Crippen molar-refractivity contribution >= 4 is 22.7 Å².